The molecule has 0 aliphatic heterocycles. The Morgan fingerprint density at radius 3 is 2.63 bits per heavy atom. The van der Waals surface area contributed by atoms with Crippen LogP contribution in [0.2, 0.25) is 0 Å². The van der Waals surface area contributed by atoms with Crippen LogP contribution in [0.5, 0.6) is 0 Å². The molecule has 19 heavy (non-hydrogen) atoms. The summed E-state index contributed by atoms with van der Waals surface area (Å²) in [6.07, 6.45) is -5.06. The van der Waals surface area contributed by atoms with E-state index in [0.29, 0.717) is 0 Å². The minimum absolute atomic E-state index is 0.0712. The van der Waals surface area contributed by atoms with E-state index in [1.807, 2.05) is 38.1 Å². The second kappa shape index (κ2) is 7.50. The molecule has 1 atom stereocenters. The standard InChI is InChI=1S/C14H20F3NO/c1-3-18-13(10-19-8-7-14(15,16)17)12-6-4-5-11(2)9-12/h4-6,9,13,18H,3,7-8,10H2,1-2H3. The Balaban J connectivity index is 2.49. The smallest absolute Gasteiger partial charge is 0.379 e. The number of ether oxygens (including phenoxy) is 1. The van der Waals surface area contributed by atoms with E-state index in [9.17, 15) is 13.2 Å². The van der Waals surface area contributed by atoms with Crippen molar-refractivity contribution in [2.45, 2.75) is 32.5 Å². The number of nitrogens with one attached hydrogen (secondary N) is 1. The maximum absolute atomic E-state index is 12.0. The lowest BCUT2D eigenvalue weighted by molar-refractivity contribution is -0.145. The Hall–Kier alpha value is -1.07. The average Bonchev–Trinajstić information content (AvgIpc) is 2.32. The lowest BCUT2D eigenvalue weighted by atomic mass is 10.1. The van der Waals surface area contributed by atoms with Crippen LogP contribution in [0, 0.1) is 6.92 Å². The van der Waals surface area contributed by atoms with Crippen LogP contribution < -0.4 is 5.32 Å². The highest BCUT2D eigenvalue weighted by molar-refractivity contribution is 5.25. The van der Waals surface area contributed by atoms with Crippen LogP contribution in [0.15, 0.2) is 24.3 Å². The maximum Gasteiger partial charge on any atom is 0.391 e. The fourth-order valence-electron chi connectivity index (χ4n) is 1.80. The van der Waals surface area contributed by atoms with Crippen molar-refractivity contribution in [1.29, 1.82) is 0 Å². The average molecular weight is 275 g/mol. The van der Waals surface area contributed by atoms with Gasteiger partial charge in [-0.2, -0.15) is 13.2 Å². The third-order valence-corrected chi connectivity index (χ3v) is 2.71. The molecule has 0 fully saturated rings. The summed E-state index contributed by atoms with van der Waals surface area (Å²) in [6.45, 7) is 4.63. The second-order valence-corrected chi connectivity index (χ2v) is 4.46. The van der Waals surface area contributed by atoms with Gasteiger partial charge in [0, 0.05) is 0 Å². The molecule has 0 spiro atoms. The van der Waals surface area contributed by atoms with Crippen LogP contribution in [-0.2, 0) is 4.74 Å². The first-order valence-corrected chi connectivity index (χ1v) is 6.37. The third-order valence-electron chi connectivity index (χ3n) is 2.71. The first-order chi connectivity index (χ1) is 8.92. The van der Waals surface area contributed by atoms with Gasteiger partial charge in [0.2, 0.25) is 0 Å². The second-order valence-electron chi connectivity index (χ2n) is 4.46. The first kappa shape index (κ1) is 16.0. The van der Waals surface area contributed by atoms with Gasteiger partial charge in [-0.1, -0.05) is 36.8 Å². The summed E-state index contributed by atoms with van der Waals surface area (Å²) in [5.41, 5.74) is 2.16. The predicted octanol–water partition coefficient (Wildman–Crippen LogP) is 3.61. The summed E-state index contributed by atoms with van der Waals surface area (Å²) >= 11 is 0. The van der Waals surface area contributed by atoms with E-state index in [0.717, 1.165) is 17.7 Å². The van der Waals surface area contributed by atoms with Crippen molar-refractivity contribution < 1.29 is 17.9 Å². The van der Waals surface area contributed by atoms with Crippen LogP contribution in [0.4, 0.5) is 13.2 Å². The maximum atomic E-state index is 12.0. The molecule has 1 unspecified atom stereocenters. The molecule has 0 aliphatic carbocycles. The number of benzene rings is 1. The van der Waals surface area contributed by atoms with Gasteiger partial charge in [0.25, 0.3) is 0 Å². The minimum atomic E-state index is -4.16. The monoisotopic (exact) mass is 275 g/mol. The van der Waals surface area contributed by atoms with E-state index in [4.69, 9.17) is 4.74 Å². The summed E-state index contributed by atoms with van der Waals surface area (Å²) in [5, 5.41) is 3.22. The van der Waals surface area contributed by atoms with Crippen molar-refractivity contribution >= 4 is 0 Å². The molecule has 0 heterocycles. The minimum Gasteiger partial charge on any atom is -0.379 e. The van der Waals surface area contributed by atoms with Crippen LogP contribution in [-0.4, -0.2) is 25.9 Å². The number of hydrogen-bond donors (Lipinski definition) is 1. The Kier molecular flexibility index (Phi) is 6.31. The van der Waals surface area contributed by atoms with E-state index < -0.39 is 12.6 Å². The fraction of sp³-hybridized carbons (Fsp3) is 0.571. The van der Waals surface area contributed by atoms with Crippen molar-refractivity contribution in [3.8, 4) is 0 Å². The van der Waals surface area contributed by atoms with E-state index in [1.165, 1.54) is 0 Å². The molecule has 1 aromatic rings. The molecule has 0 amide bonds. The molecule has 2 nitrogen and oxygen atoms in total. The van der Waals surface area contributed by atoms with Crippen molar-refractivity contribution in [1.82, 2.24) is 5.32 Å². The molecule has 0 saturated carbocycles. The first-order valence-electron chi connectivity index (χ1n) is 6.37. The van der Waals surface area contributed by atoms with Gasteiger partial charge in [0.15, 0.2) is 0 Å². The van der Waals surface area contributed by atoms with Gasteiger partial charge in [-0.25, -0.2) is 0 Å². The number of halogens is 3. The van der Waals surface area contributed by atoms with Gasteiger partial charge in [0.1, 0.15) is 0 Å². The highest BCUT2D eigenvalue weighted by Crippen LogP contribution is 2.20. The van der Waals surface area contributed by atoms with Crippen molar-refractivity contribution in [2.24, 2.45) is 0 Å². The molecule has 0 radical (unpaired) electrons. The van der Waals surface area contributed by atoms with E-state index in [2.05, 4.69) is 5.32 Å². The Morgan fingerprint density at radius 2 is 2.05 bits per heavy atom. The highest BCUT2D eigenvalue weighted by atomic mass is 19.4. The molecule has 1 aromatic carbocycles. The third kappa shape index (κ3) is 6.59. The summed E-state index contributed by atoms with van der Waals surface area (Å²) < 4.78 is 41.2. The number of hydrogen-bond acceptors (Lipinski definition) is 2. The highest BCUT2D eigenvalue weighted by Gasteiger charge is 2.26. The van der Waals surface area contributed by atoms with Gasteiger partial charge < -0.3 is 10.1 Å². The summed E-state index contributed by atoms with van der Waals surface area (Å²) in [7, 11) is 0. The van der Waals surface area contributed by atoms with Crippen molar-refractivity contribution in [3.63, 3.8) is 0 Å². The van der Waals surface area contributed by atoms with Crippen LogP contribution in [0.1, 0.15) is 30.5 Å². The number of alkyl halides is 3. The summed E-state index contributed by atoms with van der Waals surface area (Å²) in [4.78, 5) is 0. The predicted molar refractivity (Wildman–Crippen MR) is 69.1 cm³/mol. The van der Waals surface area contributed by atoms with Crippen LogP contribution in [0.3, 0.4) is 0 Å². The largest absolute Gasteiger partial charge is 0.391 e. The topological polar surface area (TPSA) is 21.3 Å². The van der Waals surface area contributed by atoms with Crippen LogP contribution in [0.25, 0.3) is 0 Å². The van der Waals surface area contributed by atoms with Gasteiger partial charge in [0.05, 0.1) is 25.7 Å². The zero-order valence-electron chi connectivity index (χ0n) is 11.3. The van der Waals surface area contributed by atoms with Gasteiger partial charge in [-0.3, -0.25) is 0 Å². The quantitative estimate of drug-likeness (QED) is 0.767. The van der Waals surface area contributed by atoms with Gasteiger partial charge in [-0.05, 0) is 19.0 Å². The molecule has 0 aliphatic rings. The molecule has 0 aromatic heterocycles. The zero-order valence-corrected chi connectivity index (χ0v) is 11.3. The van der Waals surface area contributed by atoms with Crippen molar-refractivity contribution in [2.75, 3.05) is 19.8 Å². The fourth-order valence-corrected chi connectivity index (χ4v) is 1.80. The number of rotatable bonds is 7. The Bertz CT molecular complexity index is 379. The molecular formula is C14H20F3NO. The molecular weight excluding hydrogens is 255 g/mol. The Morgan fingerprint density at radius 1 is 1.32 bits per heavy atom. The summed E-state index contributed by atoms with van der Waals surface area (Å²) in [5.74, 6) is 0. The molecule has 5 heteroatoms. The number of likely N-dealkylation sites (N-methyl/N-ethyl adjacent to an activating group) is 1. The molecule has 0 saturated heterocycles. The molecule has 1 N–H and O–H groups in total. The normalized spacial score (nSPS) is 13.5. The SMILES string of the molecule is CCNC(COCCC(F)(F)F)c1cccc(C)c1. The Labute approximate surface area is 112 Å². The molecule has 0 bridgehead atoms. The van der Waals surface area contributed by atoms with E-state index in [1.54, 1.807) is 0 Å². The lowest BCUT2D eigenvalue weighted by Gasteiger charge is -2.19. The van der Waals surface area contributed by atoms with Crippen LogP contribution >= 0.6 is 0 Å². The summed E-state index contributed by atoms with van der Waals surface area (Å²) in [6, 6.07) is 7.81. The molecule has 1 rings (SSSR count). The number of aryl methyl sites for hydroxylation is 1. The van der Waals surface area contributed by atoms with Gasteiger partial charge in [-0.15, -0.1) is 0 Å². The van der Waals surface area contributed by atoms with Crippen molar-refractivity contribution in [3.05, 3.63) is 35.4 Å². The van der Waals surface area contributed by atoms with Gasteiger partial charge >= 0.3 is 6.18 Å². The lowest BCUT2D eigenvalue weighted by Crippen LogP contribution is -2.26. The molecule has 108 valence electrons. The van der Waals surface area contributed by atoms with E-state index >= 15 is 0 Å². The zero-order chi connectivity index (χ0) is 14.3. The van der Waals surface area contributed by atoms with E-state index in [-0.39, 0.29) is 19.3 Å².